The molecule has 5 heteroatoms. The van der Waals surface area contributed by atoms with Gasteiger partial charge in [-0.15, -0.1) is 0 Å². The smallest absolute Gasteiger partial charge is 0.315 e. The molecule has 0 bridgehead atoms. The Hall–Kier alpha value is -2.69. The van der Waals surface area contributed by atoms with Gasteiger partial charge >= 0.3 is 6.03 Å². The second kappa shape index (κ2) is 7.25. The van der Waals surface area contributed by atoms with Gasteiger partial charge in [0.1, 0.15) is 0 Å². The molecule has 0 saturated heterocycles. The first-order valence-electron chi connectivity index (χ1n) is 8.11. The maximum Gasteiger partial charge on any atom is 0.315 e. The maximum absolute atomic E-state index is 12.0. The summed E-state index contributed by atoms with van der Waals surface area (Å²) in [5.41, 5.74) is 3.43. The van der Waals surface area contributed by atoms with Gasteiger partial charge in [-0.25, -0.2) is 4.79 Å². The van der Waals surface area contributed by atoms with Crippen LogP contribution in [0.1, 0.15) is 29.7 Å². The molecular formula is C19H22N2O3. The minimum Gasteiger partial charge on any atom is -0.454 e. The van der Waals surface area contributed by atoms with Gasteiger partial charge < -0.3 is 20.1 Å². The van der Waals surface area contributed by atoms with Crippen molar-refractivity contribution < 1.29 is 14.3 Å². The number of hydrogen-bond donors (Lipinski definition) is 2. The summed E-state index contributed by atoms with van der Waals surface area (Å²) >= 11 is 0. The Morgan fingerprint density at radius 2 is 2.00 bits per heavy atom. The highest BCUT2D eigenvalue weighted by Gasteiger charge is 2.16. The largest absolute Gasteiger partial charge is 0.454 e. The maximum atomic E-state index is 12.0. The van der Waals surface area contributed by atoms with E-state index in [2.05, 4.69) is 35.8 Å². The summed E-state index contributed by atoms with van der Waals surface area (Å²) in [7, 11) is 0. The molecule has 0 saturated carbocycles. The minimum atomic E-state index is -0.173. The number of carbonyl (C=O) groups excluding carboxylic acids is 1. The third-order valence-corrected chi connectivity index (χ3v) is 4.03. The average molecular weight is 326 g/mol. The summed E-state index contributed by atoms with van der Waals surface area (Å²) in [4.78, 5) is 12.0. The molecule has 1 heterocycles. The summed E-state index contributed by atoms with van der Waals surface area (Å²) in [5, 5.41) is 5.84. The van der Waals surface area contributed by atoms with Gasteiger partial charge in [0, 0.05) is 6.54 Å². The van der Waals surface area contributed by atoms with Crippen molar-refractivity contribution in [2.75, 3.05) is 13.3 Å². The minimum absolute atomic E-state index is 0.113. The number of urea groups is 1. The first kappa shape index (κ1) is 16.2. The highest BCUT2D eigenvalue weighted by Crippen LogP contribution is 2.34. The molecule has 0 fully saturated rings. The van der Waals surface area contributed by atoms with Crippen LogP contribution in [0.3, 0.4) is 0 Å². The van der Waals surface area contributed by atoms with Crippen molar-refractivity contribution >= 4 is 6.03 Å². The van der Waals surface area contributed by atoms with Crippen molar-refractivity contribution in [3.63, 3.8) is 0 Å². The third-order valence-electron chi connectivity index (χ3n) is 4.03. The van der Waals surface area contributed by atoms with Crippen LogP contribution in [0, 0.1) is 6.92 Å². The van der Waals surface area contributed by atoms with E-state index in [4.69, 9.17) is 9.47 Å². The lowest BCUT2D eigenvalue weighted by Gasteiger charge is -2.15. The van der Waals surface area contributed by atoms with Crippen LogP contribution in [0.4, 0.5) is 4.79 Å². The van der Waals surface area contributed by atoms with E-state index in [-0.39, 0.29) is 18.9 Å². The number of benzene rings is 2. The molecule has 1 aliphatic heterocycles. The summed E-state index contributed by atoms with van der Waals surface area (Å²) in [6.07, 6.45) is 0.813. The van der Waals surface area contributed by atoms with Crippen molar-refractivity contribution in [2.24, 2.45) is 0 Å². The molecule has 2 aromatic carbocycles. The van der Waals surface area contributed by atoms with Crippen LogP contribution >= 0.6 is 0 Å². The predicted octanol–water partition coefficient (Wildman–Crippen LogP) is 3.33. The lowest BCUT2D eigenvalue weighted by molar-refractivity contribution is 0.174. The van der Waals surface area contributed by atoms with Gasteiger partial charge in [-0.3, -0.25) is 0 Å². The number of aryl methyl sites for hydroxylation is 1. The quantitative estimate of drug-likeness (QED) is 0.886. The Labute approximate surface area is 142 Å². The third kappa shape index (κ3) is 3.98. The van der Waals surface area contributed by atoms with E-state index >= 15 is 0 Å². The van der Waals surface area contributed by atoms with Crippen LogP contribution in [-0.2, 0) is 6.42 Å². The topological polar surface area (TPSA) is 59.6 Å². The van der Waals surface area contributed by atoms with Gasteiger partial charge in [-0.05, 0) is 43.5 Å². The Morgan fingerprint density at radius 1 is 1.17 bits per heavy atom. The highest BCUT2D eigenvalue weighted by atomic mass is 16.7. The summed E-state index contributed by atoms with van der Waals surface area (Å²) in [5.74, 6) is 1.47. The van der Waals surface area contributed by atoms with E-state index in [1.165, 1.54) is 11.1 Å². The van der Waals surface area contributed by atoms with E-state index in [0.717, 1.165) is 23.5 Å². The van der Waals surface area contributed by atoms with Gasteiger partial charge in [-0.2, -0.15) is 0 Å². The van der Waals surface area contributed by atoms with E-state index in [1.807, 2.05) is 31.2 Å². The Balaban J connectivity index is 1.47. The van der Waals surface area contributed by atoms with Crippen molar-refractivity contribution in [1.82, 2.24) is 10.6 Å². The van der Waals surface area contributed by atoms with E-state index < -0.39 is 0 Å². The molecule has 2 amide bonds. The lowest BCUT2D eigenvalue weighted by atomic mass is 10.1. The van der Waals surface area contributed by atoms with Gasteiger partial charge in [-0.1, -0.05) is 35.9 Å². The van der Waals surface area contributed by atoms with Crippen LogP contribution in [0.5, 0.6) is 11.5 Å². The van der Waals surface area contributed by atoms with E-state index in [0.29, 0.717) is 6.54 Å². The number of hydrogen-bond acceptors (Lipinski definition) is 3. The first-order valence-corrected chi connectivity index (χ1v) is 8.11. The molecule has 24 heavy (non-hydrogen) atoms. The lowest BCUT2D eigenvalue weighted by Crippen LogP contribution is -2.38. The molecule has 0 radical (unpaired) electrons. The second-order valence-corrected chi connectivity index (χ2v) is 5.97. The van der Waals surface area contributed by atoms with Crippen molar-refractivity contribution in [3.05, 3.63) is 59.2 Å². The Bertz CT molecular complexity index is 730. The fourth-order valence-corrected chi connectivity index (χ4v) is 2.70. The van der Waals surface area contributed by atoms with Crippen molar-refractivity contribution in [1.29, 1.82) is 0 Å². The zero-order chi connectivity index (χ0) is 16.9. The molecule has 126 valence electrons. The van der Waals surface area contributed by atoms with Gasteiger partial charge in [0.15, 0.2) is 11.5 Å². The molecule has 2 N–H and O–H groups in total. The van der Waals surface area contributed by atoms with Crippen molar-refractivity contribution in [2.45, 2.75) is 26.3 Å². The van der Waals surface area contributed by atoms with Gasteiger partial charge in [0.05, 0.1) is 6.04 Å². The van der Waals surface area contributed by atoms with Gasteiger partial charge in [0.25, 0.3) is 0 Å². The van der Waals surface area contributed by atoms with Crippen LogP contribution < -0.4 is 20.1 Å². The van der Waals surface area contributed by atoms with Gasteiger partial charge in [0.2, 0.25) is 6.79 Å². The molecule has 0 spiro atoms. The fraction of sp³-hybridized carbons (Fsp3) is 0.316. The molecule has 1 unspecified atom stereocenters. The number of rotatable bonds is 5. The molecule has 1 aliphatic rings. The zero-order valence-electron chi connectivity index (χ0n) is 14.0. The van der Waals surface area contributed by atoms with Crippen LogP contribution in [0.2, 0.25) is 0 Å². The normalized spacial score (nSPS) is 13.4. The molecule has 0 aromatic heterocycles. The fourth-order valence-electron chi connectivity index (χ4n) is 2.70. The molecule has 0 aliphatic carbocycles. The average Bonchev–Trinajstić information content (AvgIpc) is 3.02. The van der Waals surface area contributed by atoms with Crippen LogP contribution in [0.25, 0.3) is 0 Å². The zero-order valence-corrected chi connectivity index (χ0v) is 14.0. The summed E-state index contributed by atoms with van der Waals surface area (Å²) in [6.45, 7) is 4.86. The number of nitrogens with one attached hydrogen (secondary N) is 2. The first-order chi connectivity index (χ1) is 11.6. The number of fused-ring (bicyclic) bond motifs is 1. The van der Waals surface area contributed by atoms with Crippen LogP contribution in [0.15, 0.2) is 42.5 Å². The number of amides is 2. The predicted molar refractivity (Wildman–Crippen MR) is 92.4 cm³/mol. The standard InChI is InChI=1S/C19H22N2O3/c1-13-4-3-5-15(10-13)8-9-20-19(22)21-14(2)16-6-7-17-18(11-16)24-12-23-17/h3-7,10-11,14H,8-9,12H2,1-2H3,(H2,20,21,22). The van der Waals surface area contributed by atoms with Crippen molar-refractivity contribution in [3.8, 4) is 11.5 Å². The highest BCUT2D eigenvalue weighted by molar-refractivity contribution is 5.74. The summed E-state index contributed by atoms with van der Waals surface area (Å²) in [6, 6.07) is 13.7. The second-order valence-electron chi connectivity index (χ2n) is 5.97. The Kier molecular flexibility index (Phi) is 4.89. The molecular weight excluding hydrogens is 304 g/mol. The molecule has 1 atom stereocenters. The van der Waals surface area contributed by atoms with Crippen LogP contribution in [-0.4, -0.2) is 19.4 Å². The van der Waals surface area contributed by atoms with E-state index in [1.54, 1.807) is 0 Å². The number of ether oxygens (including phenoxy) is 2. The SMILES string of the molecule is Cc1cccc(CCNC(=O)NC(C)c2ccc3c(c2)OCO3)c1. The molecule has 3 rings (SSSR count). The summed E-state index contributed by atoms with van der Waals surface area (Å²) < 4.78 is 10.7. The van der Waals surface area contributed by atoms with E-state index in [9.17, 15) is 4.79 Å². The monoisotopic (exact) mass is 326 g/mol. The molecule has 2 aromatic rings. The Morgan fingerprint density at radius 3 is 2.83 bits per heavy atom. The molecule has 5 nitrogen and oxygen atoms in total. The number of carbonyl (C=O) groups is 1.